The summed E-state index contributed by atoms with van der Waals surface area (Å²) in [5, 5.41) is 0.838. The summed E-state index contributed by atoms with van der Waals surface area (Å²) in [6, 6.07) is 14.5. The fraction of sp³-hybridized carbons (Fsp3) is 0.316. The first kappa shape index (κ1) is 20.8. The van der Waals surface area contributed by atoms with Gasteiger partial charge >= 0.3 is 0 Å². The normalized spacial score (nSPS) is 17.5. The van der Waals surface area contributed by atoms with Gasteiger partial charge in [-0.1, -0.05) is 53.5 Å². The van der Waals surface area contributed by atoms with E-state index in [2.05, 4.69) is 0 Å². The quantitative estimate of drug-likeness (QED) is 0.790. The van der Waals surface area contributed by atoms with Crippen LogP contribution in [0.25, 0.3) is 0 Å². The summed E-state index contributed by atoms with van der Waals surface area (Å²) in [5.74, 6) is 0.796. The molecule has 1 aliphatic rings. The molecule has 0 bridgehead atoms. The van der Waals surface area contributed by atoms with Gasteiger partial charge in [0, 0.05) is 24.7 Å². The Kier molecular flexibility index (Phi) is 7.59. The van der Waals surface area contributed by atoms with E-state index in [9.17, 15) is 4.79 Å². The zero-order valence-corrected chi connectivity index (χ0v) is 16.4. The van der Waals surface area contributed by atoms with Crippen molar-refractivity contribution in [2.24, 2.45) is 11.7 Å². The number of nitrogens with zero attached hydrogens (tertiary/aromatic N) is 1. The van der Waals surface area contributed by atoms with Crippen molar-refractivity contribution in [3.8, 4) is 5.75 Å². The molecular weight excluding hydrogens is 395 g/mol. The highest BCUT2D eigenvalue weighted by atomic mass is 35.5. The number of benzene rings is 2. The van der Waals surface area contributed by atoms with E-state index in [0.717, 1.165) is 12.0 Å². The molecule has 1 aliphatic heterocycles. The summed E-state index contributed by atoms with van der Waals surface area (Å²) in [4.78, 5) is 14.9. The van der Waals surface area contributed by atoms with Crippen molar-refractivity contribution in [1.29, 1.82) is 0 Å². The minimum atomic E-state index is -0.727. The lowest BCUT2D eigenvalue weighted by Crippen LogP contribution is -2.36. The van der Waals surface area contributed by atoms with Crippen molar-refractivity contribution >= 4 is 41.5 Å². The molecule has 1 amide bonds. The number of carbonyl (C=O) groups excluding carboxylic acids is 1. The highest BCUT2D eigenvalue weighted by molar-refractivity contribution is 6.42. The molecule has 1 heterocycles. The number of hydrogen-bond donors (Lipinski definition) is 1. The van der Waals surface area contributed by atoms with Gasteiger partial charge in [-0.15, -0.1) is 12.4 Å². The number of ether oxygens (including phenoxy) is 1. The largest absolute Gasteiger partial charge is 0.476 e. The van der Waals surface area contributed by atoms with E-state index in [1.165, 1.54) is 0 Å². The van der Waals surface area contributed by atoms with Gasteiger partial charge in [-0.2, -0.15) is 0 Å². The molecule has 0 aromatic heterocycles. The fourth-order valence-corrected chi connectivity index (χ4v) is 3.25. The minimum Gasteiger partial charge on any atom is -0.476 e. The second kappa shape index (κ2) is 9.47. The van der Waals surface area contributed by atoms with Crippen LogP contribution in [0.1, 0.15) is 18.1 Å². The summed E-state index contributed by atoms with van der Waals surface area (Å²) < 4.78 is 6.01. The van der Waals surface area contributed by atoms with Crippen molar-refractivity contribution in [1.82, 2.24) is 4.90 Å². The maximum absolute atomic E-state index is 13.1. The summed E-state index contributed by atoms with van der Waals surface area (Å²) in [7, 11) is 0. The zero-order valence-electron chi connectivity index (χ0n) is 14.1. The van der Waals surface area contributed by atoms with E-state index >= 15 is 0 Å². The Bertz CT molecular complexity index is 743. The molecule has 0 saturated carbocycles. The summed E-state index contributed by atoms with van der Waals surface area (Å²) in [6.45, 7) is 1.96. The molecule has 0 aliphatic carbocycles. The first-order chi connectivity index (χ1) is 12.1. The molecule has 4 nitrogen and oxygen atoms in total. The molecule has 0 radical (unpaired) electrons. The Morgan fingerprint density at radius 1 is 1.19 bits per heavy atom. The van der Waals surface area contributed by atoms with Crippen molar-refractivity contribution < 1.29 is 9.53 Å². The Balaban J connectivity index is 0.00000243. The van der Waals surface area contributed by atoms with Crippen LogP contribution in [0.4, 0.5) is 0 Å². The van der Waals surface area contributed by atoms with Crippen LogP contribution in [0, 0.1) is 5.92 Å². The van der Waals surface area contributed by atoms with Crippen LogP contribution in [0.5, 0.6) is 5.75 Å². The second-order valence-corrected chi connectivity index (χ2v) is 6.97. The number of hydrogen-bond acceptors (Lipinski definition) is 3. The molecule has 3 rings (SSSR count). The number of likely N-dealkylation sites (tertiary alicyclic amines) is 1. The second-order valence-electron chi connectivity index (χ2n) is 6.16. The molecule has 2 N–H and O–H groups in total. The van der Waals surface area contributed by atoms with Crippen LogP contribution in [-0.4, -0.2) is 30.4 Å². The van der Waals surface area contributed by atoms with Gasteiger partial charge in [-0.05, 0) is 31.0 Å². The average molecular weight is 416 g/mol. The van der Waals surface area contributed by atoms with E-state index in [1.807, 2.05) is 35.2 Å². The summed E-state index contributed by atoms with van der Waals surface area (Å²) >= 11 is 12.0. The van der Waals surface area contributed by atoms with Gasteiger partial charge in [0.15, 0.2) is 0 Å². The Morgan fingerprint density at radius 2 is 1.92 bits per heavy atom. The molecule has 2 aromatic rings. The van der Waals surface area contributed by atoms with E-state index in [1.54, 1.807) is 18.2 Å². The summed E-state index contributed by atoms with van der Waals surface area (Å²) in [6.07, 6.45) is 0.200. The van der Waals surface area contributed by atoms with Gasteiger partial charge in [0.2, 0.25) is 6.10 Å². The van der Waals surface area contributed by atoms with Gasteiger partial charge in [0.05, 0.1) is 10.0 Å². The van der Waals surface area contributed by atoms with Crippen LogP contribution in [-0.2, 0) is 4.79 Å². The molecule has 2 aromatic carbocycles. The third-order valence-corrected chi connectivity index (χ3v) is 5.14. The van der Waals surface area contributed by atoms with Gasteiger partial charge in [-0.25, -0.2) is 0 Å². The first-order valence-corrected chi connectivity index (χ1v) is 8.99. The molecule has 1 fully saturated rings. The molecule has 7 heteroatoms. The highest BCUT2D eigenvalue weighted by Crippen LogP contribution is 2.31. The number of amides is 1. The van der Waals surface area contributed by atoms with Crippen molar-refractivity contribution in [2.75, 3.05) is 19.6 Å². The lowest BCUT2D eigenvalue weighted by Gasteiger charge is -2.25. The lowest BCUT2D eigenvalue weighted by molar-refractivity contribution is -0.138. The highest BCUT2D eigenvalue weighted by Gasteiger charge is 2.32. The van der Waals surface area contributed by atoms with Crippen LogP contribution >= 0.6 is 35.6 Å². The number of rotatable bonds is 5. The predicted molar refractivity (Wildman–Crippen MR) is 107 cm³/mol. The average Bonchev–Trinajstić information content (AvgIpc) is 3.12. The van der Waals surface area contributed by atoms with Crippen molar-refractivity contribution in [3.63, 3.8) is 0 Å². The Labute approximate surface area is 169 Å². The van der Waals surface area contributed by atoms with Crippen LogP contribution in [0.3, 0.4) is 0 Å². The van der Waals surface area contributed by atoms with E-state index in [4.69, 9.17) is 33.7 Å². The van der Waals surface area contributed by atoms with Crippen LogP contribution in [0.2, 0.25) is 10.0 Å². The van der Waals surface area contributed by atoms with Gasteiger partial charge in [0.1, 0.15) is 5.75 Å². The molecular formula is C19H21Cl3N2O2. The number of nitrogens with two attached hydrogens (primary N) is 1. The molecule has 140 valence electrons. The van der Waals surface area contributed by atoms with Gasteiger partial charge in [-0.3, -0.25) is 4.79 Å². The standard InChI is InChI=1S/C19H20Cl2N2O2.ClH/c20-16-7-6-15(10-17(16)21)25-18(14-4-2-1-3-5-14)19(24)23-9-8-13(11-22)12-23;/h1-7,10,13,18H,8-9,11-12,22H2;1H. The smallest absolute Gasteiger partial charge is 0.268 e. The van der Waals surface area contributed by atoms with Crippen LogP contribution < -0.4 is 10.5 Å². The molecule has 2 unspecified atom stereocenters. The third kappa shape index (κ3) is 4.83. The van der Waals surface area contributed by atoms with E-state index in [-0.39, 0.29) is 18.3 Å². The van der Waals surface area contributed by atoms with Gasteiger partial charge in [0.25, 0.3) is 5.91 Å². The van der Waals surface area contributed by atoms with E-state index in [0.29, 0.717) is 41.3 Å². The maximum atomic E-state index is 13.1. The minimum absolute atomic E-state index is 0. The first-order valence-electron chi connectivity index (χ1n) is 8.24. The molecule has 26 heavy (non-hydrogen) atoms. The third-order valence-electron chi connectivity index (χ3n) is 4.40. The predicted octanol–water partition coefficient (Wildman–Crippen LogP) is 4.34. The lowest BCUT2D eigenvalue weighted by atomic mass is 10.1. The topological polar surface area (TPSA) is 55.6 Å². The summed E-state index contributed by atoms with van der Waals surface area (Å²) in [5.41, 5.74) is 6.54. The molecule has 2 atom stereocenters. The van der Waals surface area contributed by atoms with Gasteiger partial charge < -0.3 is 15.4 Å². The zero-order chi connectivity index (χ0) is 17.8. The van der Waals surface area contributed by atoms with E-state index < -0.39 is 6.10 Å². The SMILES string of the molecule is Cl.NCC1CCN(C(=O)C(Oc2ccc(Cl)c(Cl)c2)c2ccccc2)C1. The number of halogens is 3. The Hall–Kier alpha value is -1.46. The molecule has 1 saturated heterocycles. The monoisotopic (exact) mass is 414 g/mol. The Morgan fingerprint density at radius 3 is 2.54 bits per heavy atom. The molecule has 0 spiro atoms. The van der Waals surface area contributed by atoms with Crippen molar-refractivity contribution in [3.05, 3.63) is 64.1 Å². The van der Waals surface area contributed by atoms with Crippen LogP contribution in [0.15, 0.2) is 48.5 Å². The van der Waals surface area contributed by atoms with Crippen molar-refractivity contribution in [2.45, 2.75) is 12.5 Å². The fourth-order valence-electron chi connectivity index (χ4n) is 2.97. The maximum Gasteiger partial charge on any atom is 0.268 e. The number of carbonyl (C=O) groups is 1.